The minimum atomic E-state index is -0.379. The summed E-state index contributed by atoms with van der Waals surface area (Å²) in [5.74, 6) is 0.0456. The van der Waals surface area contributed by atoms with E-state index in [1.54, 1.807) is 12.1 Å². The Bertz CT molecular complexity index is 411. The molecule has 0 amide bonds. The molecule has 1 fully saturated rings. The van der Waals surface area contributed by atoms with Gasteiger partial charge in [-0.05, 0) is 24.1 Å². The van der Waals surface area contributed by atoms with Gasteiger partial charge in [0.2, 0.25) is 0 Å². The normalized spacial score (nSPS) is 23.8. The van der Waals surface area contributed by atoms with Crippen molar-refractivity contribution in [3.63, 3.8) is 0 Å². The Morgan fingerprint density at radius 3 is 2.94 bits per heavy atom. The second-order valence-electron chi connectivity index (χ2n) is 5.08. The molecule has 2 unspecified atom stereocenters. The predicted octanol–water partition coefficient (Wildman–Crippen LogP) is 3.55. The van der Waals surface area contributed by atoms with E-state index >= 15 is 0 Å². The van der Waals surface area contributed by atoms with Crippen LogP contribution in [0.5, 0.6) is 0 Å². The largest absolute Gasteiger partial charge is 0.373 e. The van der Waals surface area contributed by atoms with Crippen LogP contribution in [0.25, 0.3) is 0 Å². The average molecular weight is 272 g/mol. The van der Waals surface area contributed by atoms with E-state index in [9.17, 15) is 4.39 Å². The highest BCUT2D eigenvalue weighted by Gasteiger charge is 2.29. The minimum absolute atomic E-state index is 0.0225. The standard InChI is InChI=1S/C14H19ClFNO/c1-9(2)17-8-11-5-6-18-14(11)10-3-4-13(16)12(15)7-10/h3-4,7,9,11,14,17H,5-6,8H2,1-2H3. The second-order valence-corrected chi connectivity index (χ2v) is 5.48. The third-order valence-electron chi connectivity index (χ3n) is 3.27. The first-order valence-electron chi connectivity index (χ1n) is 6.38. The van der Waals surface area contributed by atoms with Gasteiger partial charge in [-0.1, -0.05) is 31.5 Å². The third kappa shape index (κ3) is 3.22. The molecule has 1 heterocycles. The number of hydrogen-bond acceptors (Lipinski definition) is 2. The zero-order valence-corrected chi connectivity index (χ0v) is 11.5. The molecule has 0 aliphatic carbocycles. The van der Waals surface area contributed by atoms with Gasteiger partial charge in [-0.3, -0.25) is 0 Å². The molecule has 1 aliphatic heterocycles. The molecule has 1 saturated heterocycles. The lowest BCUT2D eigenvalue weighted by Gasteiger charge is -2.21. The molecule has 0 saturated carbocycles. The number of rotatable bonds is 4. The van der Waals surface area contributed by atoms with Crippen LogP contribution in [-0.4, -0.2) is 19.2 Å². The summed E-state index contributed by atoms with van der Waals surface area (Å²) in [6, 6.07) is 5.31. The predicted molar refractivity (Wildman–Crippen MR) is 71.3 cm³/mol. The summed E-state index contributed by atoms with van der Waals surface area (Å²) in [4.78, 5) is 0. The number of hydrogen-bond donors (Lipinski definition) is 1. The third-order valence-corrected chi connectivity index (χ3v) is 3.56. The van der Waals surface area contributed by atoms with Crippen molar-refractivity contribution in [1.82, 2.24) is 5.32 Å². The highest BCUT2D eigenvalue weighted by molar-refractivity contribution is 6.30. The van der Waals surface area contributed by atoms with Crippen LogP contribution in [0.4, 0.5) is 4.39 Å². The van der Waals surface area contributed by atoms with Crippen molar-refractivity contribution in [2.24, 2.45) is 5.92 Å². The van der Waals surface area contributed by atoms with Gasteiger partial charge in [-0.25, -0.2) is 4.39 Å². The topological polar surface area (TPSA) is 21.3 Å². The van der Waals surface area contributed by atoms with Crippen LogP contribution in [0, 0.1) is 11.7 Å². The SMILES string of the molecule is CC(C)NCC1CCOC1c1ccc(F)c(Cl)c1. The Labute approximate surface area is 112 Å². The molecule has 0 aromatic heterocycles. The molecule has 1 aliphatic rings. The molecule has 2 atom stereocenters. The van der Waals surface area contributed by atoms with Crippen molar-refractivity contribution < 1.29 is 9.13 Å². The molecule has 0 spiro atoms. The Morgan fingerprint density at radius 1 is 1.50 bits per heavy atom. The van der Waals surface area contributed by atoms with Gasteiger partial charge in [-0.2, -0.15) is 0 Å². The van der Waals surface area contributed by atoms with Gasteiger partial charge >= 0.3 is 0 Å². The van der Waals surface area contributed by atoms with Crippen molar-refractivity contribution in [2.75, 3.05) is 13.2 Å². The zero-order chi connectivity index (χ0) is 13.1. The summed E-state index contributed by atoms with van der Waals surface area (Å²) in [6.07, 6.45) is 1.05. The molecular formula is C14H19ClFNO. The summed E-state index contributed by atoms with van der Waals surface area (Å²) in [5.41, 5.74) is 0.967. The molecule has 18 heavy (non-hydrogen) atoms. The fourth-order valence-electron chi connectivity index (χ4n) is 2.29. The molecule has 100 valence electrons. The van der Waals surface area contributed by atoms with Crippen LogP contribution in [0.15, 0.2) is 18.2 Å². The quantitative estimate of drug-likeness (QED) is 0.904. The number of ether oxygens (including phenoxy) is 1. The van der Waals surface area contributed by atoms with Gasteiger partial charge in [0.1, 0.15) is 5.82 Å². The highest BCUT2D eigenvalue weighted by atomic mass is 35.5. The summed E-state index contributed by atoms with van der Waals surface area (Å²) in [7, 11) is 0. The number of benzene rings is 1. The van der Waals surface area contributed by atoms with Crippen LogP contribution in [0.2, 0.25) is 5.02 Å². The summed E-state index contributed by atoms with van der Waals surface area (Å²) >= 11 is 5.82. The van der Waals surface area contributed by atoms with Gasteiger partial charge in [0, 0.05) is 25.1 Å². The van der Waals surface area contributed by atoms with E-state index in [4.69, 9.17) is 16.3 Å². The smallest absolute Gasteiger partial charge is 0.141 e. The highest BCUT2D eigenvalue weighted by Crippen LogP contribution is 2.35. The maximum atomic E-state index is 13.2. The zero-order valence-electron chi connectivity index (χ0n) is 10.7. The van der Waals surface area contributed by atoms with Crippen molar-refractivity contribution >= 4 is 11.6 Å². The van der Waals surface area contributed by atoms with Crippen molar-refractivity contribution in [2.45, 2.75) is 32.4 Å². The number of nitrogens with one attached hydrogen (secondary N) is 1. The maximum absolute atomic E-state index is 13.2. The molecule has 1 aromatic rings. The Morgan fingerprint density at radius 2 is 2.28 bits per heavy atom. The fourth-order valence-corrected chi connectivity index (χ4v) is 2.48. The van der Waals surface area contributed by atoms with Gasteiger partial charge in [-0.15, -0.1) is 0 Å². The lowest BCUT2D eigenvalue weighted by Crippen LogP contribution is -2.30. The fraction of sp³-hybridized carbons (Fsp3) is 0.571. The molecule has 1 N–H and O–H groups in total. The van der Waals surface area contributed by atoms with E-state index < -0.39 is 0 Å². The van der Waals surface area contributed by atoms with Gasteiger partial charge in [0.05, 0.1) is 11.1 Å². The van der Waals surface area contributed by atoms with Gasteiger partial charge < -0.3 is 10.1 Å². The van der Waals surface area contributed by atoms with Crippen molar-refractivity contribution in [3.05, 3.63) is 34.6 Å². The molecule has 2 nitrogen and oxygen atoms in total. The van der Waals surface area contributed by atoms with Gasteiger partial charge in [0.15, 0.2) is 0 Å². The van der Waals surface area contributed by atoms with Crippen LogP contribution < -0.4 is 5.32 Å². The second kappa shape index (κ2) is 6.00. The van der Waals surface area contributed by atoms with Crippen LogP contribution in [-0.2, 0) is 4.74 Å². The molecule has 2 rings (SSSR count). The molecule has 0 bridgehead atoms. The van der Waals surface area contributed by atoms with E-state index in [2.05, 4.69) is 19.2 Å². The molecule has 0 radical (unpaired) electrons. The van der Waals surface area contributed by atoms with E-state index in [-0.39, 0.29) is 16.9 Å². The van der Waals surface area contributed by atoms with Crippen molar-refractivity contribution in [1.29, 1.82) is 0 Å². The molecule has 1 aromatic carbocycles. The Kier molecular flexibility index (Phi) is 4.60. The Hall–Kier alpha value is -0.640. The average Bonchev–Trinajstić information content (AvgIpc) is 2.78. The van der Waals surface area contributed by atoms with Crippen LogP contribution in [0.3, 0.4) is 0 Å². The van der Waals surface area contributed by atoms with Gasteiger partial charge in [0.25, 0.3) is 0 Å². The van der Waals surface area contributed by atoms with E-state index in [1.807, 2.05) is 0 Å². The summed E-state index contributed by atoms with van der Waals surface area (Å²) in [6.45, 7) is 5.92. The first-order chi connectivity index (χ1) is 8.58. The van der Waals surface area contributed by atoms with Crippen molar-refractivity contribution in [3.8, 4) is 0 Å². The lowest BCUT2D eigenvalue weighted by molar-refractivity contribution is 0.0900. The van der Waals surface area contributed by atoms with E-state index in [0.717, 1.165) is 25.1 Å². The van der Waals surface area contributed by atoms with Crippen LogP contribution in [0.1, 0.15) is 31.9 Å². The van der Waals surface area contributed by atoms with Crippen LogP contribution >= 0.6 is 11.6 Å². The lowest BCUT2D eigenvalue weighted by atomic mass is 9.95. The summed E-state index contributed by atoms with van der Waals surface area (Å²) < 4.78 is 18.9. The minimum Gasteiger partial charge on any atom is -0.373 e. The first kappa shape index (κ1) is 13.8. The van der Waals surface area contributed by atoms with E-state index in [0.29, 0.717) is 12.0 Å². The molecule has 4 heteroatoms. The Balaban J connectivity index is 2.08. The summed E-state index contributed by atoms with van der Waals surface area (Å²) in [5, 5.41) is 3.59. The monoisotopic (exact) mass is 271 g/mol. The first-order valence-corrected chi connectivity index (χ1v) is 6.75. The maximum Gasteiger partial charge on any atom is 0.141 e. The number of halogens is 2. The molecular weight excluding hydrogens is 253 g/mol. The van der Waals surface area contributed by atoms with E-state index in [1.165, 1.54) is 6.07 Å².